The molecule has 1 unspecified atom stereocenters. The molecule has 86 valence electrons. The van der Waals surface area contributed by atoms with Crippen LogP contribution in [-0.4, -0.2) is 11.7 Å². The van der Waals surface area contributed by atoms with E-state index in [2.05, 4.69) is 27.7 Å². The predicted molar refractivity (Wildman–Crippen MR) is 63.4 cm³/mol. The van der Waals surface area contributed by atoms with Gasteiger partial charge in [0.2, 0.25) is 0 Å². The van der Waals surface area contributed by atoms with E-state index in [-0.39, 0.29) is 0 Å². The highest BCUT2D eigenvalue weighted by molar-refractivity contribution is 4.75. The van der Waals surface area contributed by atoms with E-state index in [0.717, 1.165) is 18.8 Å². The summed E-state index contributed by atoms with van der Waals surface area (Å²) in [5.74, 6) is 0.728. The molecule has 0 heterocycles. The maximum atomic E-state index is 8.80. The van der Waals surface area contributed by atoms with Crippen LogP contribution in [0.5, 0.6) is 0 Å². The molecule has 1 N–H and O–H groups in total. The van der Waals surface area contributed by atoms with E-state index in [1.807, 2.05) is 0 Å². The summed E-state index contributed by atoms with van der Waals surface area (Å²) in [7, 11) is 0. The third-order valence-electron chi connectivity index (χ3n) is 3.55. The van der Waals surface area contributed by atoms with Crippen LogP contribution in [0.4, 0.5) is 0 Å². The summed E-state index contributed by atoms with van der Waals surface area (Å²) in [4.78, 5) is 0. The lowest BCUT2D eigenvalue weighted by Crippen LogP contribution is -2.21. The largest absolute Gasteiger partial charge is 0.396 e. The summed E-state index contributed by atoms with van der Waals surface area (Å²) in [6, 6.07) is 0. The first-order chi connectivity index (χ1) is 6.54. The fraction of sp³-hybridized carbons (Fsp3) is 1.00. The van der Waals surface area contributed by atoms with Crippen LogP contribution in [0.1, 0.15) is 66.2 Å². The molecule has 1 atom stereocenters. The first kappa shape index (κ1) is 14.0. The molecule has 0 fully saturated rings. The standard InChI is InChI=1S/C13H28O/c1-5-6-7-10-13(3,4)12(2)9-8-11-14/h12,14H,5-11H2,1-4H3. The topological polar surface area (TPSA) is 20.2 Å². The number of rotatable bonds is 8. The minimum absolute atomic E-state index is 0.343. The Hall–Kier alpha value is -0.0400. The van der Waals surface area contributed by atoms with E-state index in [1.54, 1.807) is 0 Å². The van der Waals surface area contributed by atoms with Crippen LogP contribution in [0.25, 0.3) is 0 Å². The number of hydrogen-bond acceptors (Lipinski definition) is 1. The van der Waals surface area contributed by atoms with Crippen LogP contribution in [0, 0.1) is 11.3 Å². The van der Waals surface area contributed by atoms with Crippen molar-refractivity contribution in [2.75, 3.05) is 6.61 Å². The molecule has 0 radical (unpaired) electrons. The second kappa shape index (κ2) is 7.28. The number of unbranched alkanes of at least 4 members (excludes halogenated alkanes) is 2. The summed E-state index contributed by atoms with van der Waals surface area (Å²) >= 11 is 0. The quantitative estimate of drug-likeness (QED) is 0.587. The van der Waals surface area contributed by atoms with Crippen molar-refractivity contribution in [3.8, 4) is 0 Å². The van der Waals surface area contributed by atoms with Crippen molar-refractivity contribution < 1.29 is 5.11 Å². The lowest BCUT2D eigenvalue weighted by Gasteiger charge is -2.32. The fourth-order valence-corrected chi connectivity index (χ4v) is 1.87. The SMILES string of the molecule is CCCCCC(C)(C)C(C)CCCO. The van der Waals surface area contributed by atoms with Crippen LogP contribution >= 0.6 is 0 Å². The molecule has 1 nitrogen and oxygen atoms in total. The van der Waals surface area contributed by atoms with Crippen molar-refractivity contribution in [2.24, 2.45) is 11.3 Å². The Morgan fingerprint density at radius 2 is 1.79 bits per heavy atom. The zero-order chi connectivity index (χ0) is 11.0. The summed E-state index contributed by atoms with van der Waals surface area (Å²) in [6.07, 6.45) is 7.46. The van der Waals surface area contributed by atoms with Gasteiger partial charge in [-0.25, -0.2) is 0 Å². The second-order valence-corrected chi connectivity index (χ2v) is 5.21. The molecule has 0 aromatic carbocycles. The maximum Gasteiger partial charge on any atom is 0.0431 e. The van der Waals surface area contributed by atoms with Crippen molar-refractivity contribution >= 4 is 0 Å². The first-order valence-corrected chi connectivity index (χ1v) is 6.15. The van der Waals surface area contributed by atoms with Gasteiger partial charge in [0.05, 0.1) is 0 Å². The Balaban J connectivity index is 3.77. The molecule has 0 aliphatic carbocycles. The van der Waals surface area contributed by atoms with E-state index in [1.165, 1.54) is 25.7 Å². The van der Waals surface area contributed by atoms with Gasteiger partial charge in [-0.3, -0.25) is 0 Å². The Bertz CT molecular complexity index is 129. The second-order valence-electron chi connectivity index (χ2n) is 5.21. The number of aliphatic hydroxyl groups excluding tert-OH is 1. The lowest BCUT2D eigenvalue weighted by molar-refractivity contribution is 0.176. The fourth-order valence-electron chi connectivity index (χ4n) is 1.87. The lowest BCUT2D eigenvalue weighted by atomic mass is 9.74. The van der Waals surface area contributed by atoms with E-state index < -0.39 is 0 Å². The van der Waals surface area contributed by atoms with Crippen LogP contribution in [0.2, 0.25) is 0 Å². The van der Waals surface area contributed by atoms with E-state index in [9.17, 15) is 0 Å². The van der Waals surface area contributed by atoms with E-state index in [0.29, 0.717) is 12.0 Å². The van der Waals surface area contributed by atoms with Gasteiger partial charge in [0.25, 0.3) is 0 Å². The Morgan fingerprint density at radius 3 is 2.29 bits per heavy atom. The van der Waals surface area contributed by atoms with E-state index in [4.69, 9.17) is 5.11 Å². The highest BCUT2D eigenvalue weighted by Crippen LogP contribution is 2.35. The molecule has 0 saturated carbocycles. The van der Waals surface area contributed by atoms with Gasteiger partial charge in [-0.2, -0.15) is 0 Å². The highest BCUT2D eigenvalue weighted by atomic mass is 16.2. The van der Waals surface area contributed by atoms with Crippen LogP contribution in [-0.2, 0) is 0 Å². The predicted octanol–water partition coefficient (Wildman–Crippen LogP) is 4.00. The zero-order valence-corrected chi connectivity index (χ0v) is 10.5. The third kappa shape index (κ3) is 5.64. The molecule has 0 spiro atoms. The zero-order valence-electron chi connectivity index (χ0n) is 10.5. The molecule has 0 rings (SSSR count). The number of aliphatic hydroxyl groups is 1. The molecule has 0 aliphatic rings. The average molecular weight is 200 g/mol. The van der Waals surface area contributed by atoms with Gasteiger partial charge >= 0.3 is 0 Å². The summed E-state index contributed by atoms with van der Waals surface area (Å²) < 4.78 is 0. The minimum atomic E-state index is 0.343. The summed E-state index contributed by atoms with van der Waals surface area (Å²) in [6.45, 7) is 9.65. The first-order valence-electron chi connectivity index (χ1n) is 6.15. The van der Waals surface area contributed by atoms with Crippen molar-refractivity contribution in [3.63, 3.8) is 0 Å². The van der Waals surface area contributed by atoms with Crippen LogP contribution < -0.4 is 0 Å². The number of hydrogen-bond donors (Lipinski definition) is 1. The van der Waals surface area contributed by atoms with Gasteiger partial charge in [-0.1, -0.05) is 47.0 Å². The van der Waals surface area contributed by atoms with Crippen molar-refractivity contribution in [2.45, 2.75) is 66.2 Å². The molecule has 0 aromatic rings. The molecular formula is C13H28O. The molecule has 14 heavy (non-hydrogen) atoms. The van der Waals surface area contributed by atoms with Gasteiger partial charge in [0, 0.05) is 6.61 Å². The average Bonchev–Trinajstić information content (AvgIpc) is 2.14. The monoisotopic (exact) mass is 200 g/mol. The van der Waals surface area contributed by atoms with Gasteiger partial charge in [0.15, 0.2) is 0 Å². The third-order valence-corrected chi connectivity index (χ3v) is 3.55. The summed E-state index contributed by atoms with van der Waals surface area (Å²) in [5, 5.41) is 8.80. The highest BCUT2D eigenvalue weighted by Gasteiger charge is 2.24. The van der Waals surface area contributed by atoms with Crippen LogP contribution in [0.3, 0.4) is 0 Å². The molecule has 0 aromatic heterocycles. The molecule has 0 saturated heterocycles. The van der Waals surface area contributed by atoms with Gasteiger partial charge in [-0.05, 0) is 30.6 Å². The Morgan fingerprint density at radius 1 is 1.14 bits per heavy atom. The maximum absolute atomic E-state index is 8.80. The van der Waals surface area contributed by atoms with Crippen molar-refractivity contribution in [1.29, 1.82) is 0 Å². The molecular weight excluding hydrogens is 172 g/mol. The Kier molecular flexibility index (Phi) is 7.26. The minimum Gasteiger partial charge on any atom is -0.396 e. The van der Waals surface area contributed by atoms with Crippen molar-refractivity contribution in [3.05, 3.63) is 0 Å². The van der Waals surface area contributed by atoms with E-state index >= 15 is 0 Å². The molecule has 1 heteroatoms. The molecule has 0 bridgehead atoms. The molecule has 0 aliphatic heterocycles. The smallest absolute Gasteiger partial charge is 0.0431 e. The normalized spacial score (nSPS) is 14.4. The van der Waals surface area contributed by atoms with Gasteiger partial charge in [0.1, 0.15) is 0 Å². The molecule has 0 amide bonds. The van der Waals surface area contributed by atoms with Gasteiger partial charge < -0.3 is 5.11 Å². The van der Waals surface area contributed by atoms with Crippen LogP contribution in [0.15, 0.2) is 0 Å². The van der Waals surface area contributed by atoms with Gasteiger partial charge in [-0.15, -0.1) is 0 Å². The Labute approximate surface area is 89.9 Å². The summed E-state index contributed by atoms with van der Waals surface area (Å²) in [5.41, 5.74) is 0.449. The van der Waals surface area contributed by atoms with Crippen molar-refractivity contribution in [1.82, 2.24) is 0 Å².